The van der Waals surface area contributed by atoms with Crippen molar-refractivity contribution in [3.05, 3.63) is 42.0 Å². The number of hydrogen-bond acceptors (Lipinski definition) is 3. The van der Waals surface area contributed by atoms with Crippen LogP contribution in [0.4, 0.5) is 0 Å². The number of amides is 1. The number of ether oxygens (including phenoxy) is 1. The van der Waals surface area contributed by atoms with Gasteiger partial charge in [0.05, 0.1) is 7.11 Å². The number of carbonyl (C=O) groups is 1. The summed E-state index contributed by atoms with van der Waals surface area (Å²) in [4.78, 5) is 17.1. The van der Waals surface area contributed by atoms with Crippen molar-refractivity contribution in [2.24, 2.45) is 11.8 Å². The van der Waals surface area contributed by atoms with Crippen molar-refractivity contribution in [1.29, 1.82) is 0 Å². The molecule has 26 heavy (non-hydrogen) atoms. The zero-order chi connectivity index (χ0) is 18.4. The SMILES string of the molecule is COc1ccc(CCN2CCC[C@H](CN(C)C(=O)C3CC=CC3)C2)cc1. The number of rotatable bonds is 7. The Kier molecular flexibility index (Phi) is 6.73. The van der Waals surface area contributed by atoms with E-state index in [-0.39, 0.29) is 5.92 Å². The molecule has 1 aliphatic heterocycles. The maximum Gasteiger partial charge on any atom is 0.226 e. The van der Waals surface area contributed by atoms with Gasteiger partial charge in [-0.25, -0.2) is 0 Å². The summed E-state index contributed by atoms with van der Waals surface area (Å²) in [5.41, 5.74) is 1.36. The van der Waals surface area contributed by atoms with Gasteiger partial charge in [-0.05, 0) is 62.3 Å². The van der Waals surface area contributed by atoms with Crippen molar-refractivity contribution in [2.45, 2.75) is 32.1 Å². The number of piperidine rings is 1. The van der Waals surface area contributed by atoms with E-state index >= 15 is 0 Å². The summed E-state index contributed by atoms with van der Waals surface area (Å²) < 4.78 is 5.22. The van der Waals surface area contributed by atoms with Crippen molar-refractivity contribution in [1.82, 2.24) is 9.80 Å². The smallest absolute Gasteiger partial charge is 0.226 e. The Morgan fingerprint density at radius 2 is 1.96 bits per heavy atom. The number of benzene rings is 1. The van der Waals surface area contributed by atoms with E-state index in [2.05, 4.69) is 29.2 Å². The van der Waals surface area contributed by atoms with E-state index in [1.54, 1.807) is 7.11 Å². The molecule has 1 aromatic carbocycles. The topological polar surface area (TPSA) is 32.8 Å². The fourth-order valence-corrected chi connectivity index (χ4v) is 4.19. The quantitative estimate of drug-likeness (QED) is 0.702. The minimum absolute atomic E-state index is 0.190. The van der Waals surface area contributed by atoms with Crippen molar-refractivity contribution >= 4 is 5.91 Å². The average molecular weight is 357 g/mol. The van der Waals surface area contributed by atoms with Crippen molar-refractivity contribution < 1.29 is 9.53 Å². The Balaban J connectivity index is 1.43. The van der Waals surface area contributed by atoms with Crippen LogP contribution in [0.2, 0.25) is 0 Å². The first kappa shape index (κ1) is 19.0. The molecule has 1 atom stereocenters. The first-order valence-corrected chi connectivity index (χ1v) is 9.91. The third kappa shape index (κ3) is 5.10. The highest BCUT2D eigenvalue weighted by atomic mass is 16.5. The summed E-state index contributed by atoms with van der Waals surface area (Å²) >= 11 is 0. The Bertz CT molecular complexity index is 603. The number of nitrogens with zero attached hydrogens (tertiary/aromatic N) is 2. The van der Waals surface area contributed by atoms with Crippen molar-refractivity contribution in [2.75, 3.05) is 40.3 Å². The van der Waals surface area contributed by atoms with E-state index in [0.717, 1.165) is 44.6 Å². The highest BCUT2D eigenvalue weighted by molar-refractivity contribution is 5.79. The third-order valence-corrected chi connectivity index (χ3v) is 5.74. The summed E-state index contributed by atoms with van der Waals surface area (Å²) in [6.07, 6.45) is 9.65. The van der Waals surface area contributed by atoms with E-state index in [9.17, 15) is 4.79 Å². The van der Waals surface area contributed by atoms with Crippen LogP contribution in [0.15, 0.2) is 36.4 Å². The number of allylic oxidation sites excluding steroid dienone is 2. The maximum absolute atomic E-state index is 12.5. The van der Waals surface area contributed by atoms with Gasteiger partial charge in [0.2, 0.25) is 5.91 Å². The molecule has 4 nitrogen and oxygen atoms in total. The van der Waals surface area contributed by atoms with E-state index in [4.69, 9.17) is 4.74 Å². The monoisotopic (exact) mass is 356 g/mol. The lowest BCUT2D eigenvalue weighted by Crippen LogP contribution is -2.43. The summed E-state index contributed by atoms with van der Waals surface area (Å²) in [5.74, 6) is 2.03. The lowest BCUT2D eigenvalue weighted by molar-refractivity contribution is -0.134. The zero-order valence-electron chi connectivity index (χ0n) is 16.2. The Hall–Kier alpha value is -1.81. The Morgan fingerprint density at radius 1 is 1.23 bits per heavy atom. The molecular formula is C22H32N2O2. The van der Waals surface area contributed by atoms with Gasteiger partial charge in [0.15, 0.2) is 0 Å². The fourth-order valence-electron chi connectivity index (χ4n) is 4.19. The standard InChI is InChI=1S/C22H32N2O2/c1-23(22(25)20-7-3-4-8-20)16-19-6-5-14-24(17-19)15-13-18-9-11-21(26-2)12-10-18/h3-4,9-12,19-20H,5-8,13-17H2,1-2H3/t19-/m1/s1. The third-order valence-electron chi connectivity index (χ3n) is 5.74. The number of hydrogen-bond donors (Lipinski definition) is 0. The predicted octanol–water partition coefficient (Wildman–Crippen LogP) is 3.37. The molecular weight excluding hydrogens is 324 g/mol. The molecule has 0 radical (unpaired) electrons. The molecule has 0 unspecified atom stereocenters. The van der Waals surface area contributed by atoms with Crippen LogP contribution in [0.1, 0.15) is 31.2 Å². The highest BCUT2D eigenvalue weighted by Gasteiger charge is 2.26. The molecule has 0 saturated carbocycles. The summed E-state index contributed by atoms with van der Waals surface area (Å²) in [6.45, 7) is 4.27. The molecule has 0 aromatic heterocycles. The number of carbonyl (C=O) groups excluding carboxylic acids is 1. The molecule has 1 heterocycles. The van der Waals surface area contributed by atoms with E-state index in [0.29, 0.717) is 11.8 Å². The van der Waals surface area contributed by atoms with E-state index in [1.165, 1.54) is 24.9 Å². The van der Waals surface area contributed by atoms with Gasteiger partial charge in [0.1, 0.15) is 5.75 Å². The molecule has 4 heteroatoms. The van der Waals surface area contributed by atoms with E-state index in [1.807, 2.05) is 24.1 Å². The molecule has 1 saturated heterocycles. The molecule has 1 fully saturated rings. The maximum atomic E-state index is 12.5. The summed E-state index contributed by atoms with van der Waals surface area (Å²) in [7, 11) is 3.69. The second-order valence-electron chi connectivity index (χ2n) is 7.77. The molecule has 142 valence electrons. The van der Waals surface area contributed by atoms with E-state index < -0.39 is 0 Å². The van der Waals surface area contributed by atoms with Gasteiger partial charge in [0.25, 0.3) is 0 Å². The Labute approximate surface area is 157 Å². The van der Waals surface area contributed by atoms with Crippen molar-refractivity contribution in [3.63, 3.8) is 0 Å². The molecule has 1 aromatic rings. The molecule has 1 amide bonds. The largest absolute Gasteiger partial charge is 0.497 e. The second-order valence-corrected chi connectivity index (χ2v) is 7.77. The van der Waals surface area contributed by atoms with Gasteiger partial charge in [0, 0.05) is 32.6 Å². The van der Waals surface area contributed by atoms with Gasteiger partial charge < -0.3 is 14.5 Å². The van der Waals surface area contributed by atoms with Gasteiger partial charge in [-0.1, -0.05) is 24.3 Å². The van der Waals surface area contributed by atoms with Crippen LogP contribution in [0.3, 0.4) is 0 Å². The van der Waals surface area contributed by atoms with Crippen LogP contribution >= 0.6 is 0 Å². The average Bonchev–Trinajstić information content (AvgIpc) is 3.21. The summed E-state index contributed by atoms with van der Waals surface area (Å²) in [5, 5.41) is 0. The van der Waals surface area contributed by atoms with Crippen molar-refractivity contribution in [3.8, 4) is 5.75 Å². The molecule has 2 aliphatic rings. The normalized spacial score (nSPS) is 21.1. The highest BCUT2D eigenvalue weighted by Crippen LogP contribution is 2.23. The Morgan fingerprint density at radius 3 is 2.65 bits per heavy atom. The second kappa shape index (κ2) is 9.22. The van der Waals surface area contributed by atoms with Crippen LogP contribution in [0.5, 0.6) is 5.75 Å². The molecule has 0 spiro atoms. The molecule has 1 aliphatic carbocycles. The predicted molar refractivity (Wildman–Crippen MR) is 105 cm³/mol. The minimum atomic E-state index is 0.190. The van der Waals surface area contributed by atoms with Crippen LogP contribution in [-0.2, 0) is 11.2 Å². The molecule has 0 N–H and O–H groups in total. The lowest BCUT2D eigenvalue weighted by Gasteiger charge is -2.35. The summed E-state index contributed by atoms with van der Waals surface area (Å²) in [6, 6.07) is 8.38. The fraction of sp³-hybridized carbons (Fsp3) is 0.591. The number of methoxy groups -OCH3 is 1. The van der Waals surface area contributed by atoms with Gasteiger partial charge in [-0.15, -0.1) is 0 Å². The zero-order valence-corrected chi connectivity index (χ0v) is 16.2. The first-order valence-electron chi connectivity index (χ1n) is 9.91. The van der Waals surface area contributed by atoms with Crippen LogP contribution in [-0.4, -0.2) is 56.0 Å². The van der Waals surface area contributed by atoms with Crippen LogP contribution < -0.4 is 4.74 Å². The van der Waals surface area contributed by atoms with Crippen LogP contribution in [0, 0.1) is 11.8 Å². The van der Waals surface area contributed by atoms with Crippen LogP contribution in [0.25, 0.3) is 0 Å². The molecule has 3 rings (SSSR count). The minimum Gasteiger partial charge on any atom is -0.497 e. The molecule has 0 bridgehead atoms. The number of likely N-dealkylation sites (tertiary alicyclic amines) is 1. The first-order chi connectivity index (χ1) is 12.7. The van der Waals surface area contributed by atoms with Gasteiger partial charge in [-0.2, -0.15) is 0 Å². The lowest BCUT2D eigenvalue weighted by atomic mass is 9.96. The van der Waals surface area contributed by atoms with Gasteiger partial charge >= 0.3 is 0 Å². The van der Waals surface area contributed by atoms with Gasteiger partial charge in [-0.3, -0.25) is 4.79 Å².